The molecule has 0 unspecified atom stereocenters. The zero-order valence-corrected chi connectivity index (χ0v) is 14.5. The van der Waals surface area contributed by atoms with Crippen molar-refractivity contribution < 1.29 is 0 Å². The number of para-hydroxylation sites is 1. The maximum Gasteiger partial charge on any atom is 0.162 e. The van der Waals surface area contributed by atoms with Crippen molar-refractivity contribution in [1.82, 2.24) is 9.97 Å². The van der Waals surface area contributed by atoms with E-state index in [-0.39, 0.29) is 0 Å². The van der Waals surface area contributed by atoms with Gasteiger partial charge < -0.3 is 4.90 Å². The second-order valence-electron chi connectivity index (χ2n) is 6.69. The van der Waals surface area contributed by atoms with Crippen molar-refractivity contribution in [1.29, 1.82) is 0 Å². The summed E-state index contributed by atoms with van der Waals surface area (Å²) in [7, 11) is 0. The predicted octanol–water partition coefficient (Wildman–Crippen LogP) is 4.86. The third-order valence-electron chi connectivity index (χ3n) is 5.05. The Morgan fingerprint density at radius 3 is 2.31 bits per heavy atom. The standard InChI is InChI=1S/C23H19N3/c1-2-9-18(10-3-1)22-24-21-13-7-6-12-20(21)23(25-22)26-15-14-17-8-4-5-11-19(17)16-26/h1-13H,14-16H2. The molecule has 5 rings (SSSR count). The summed E-state index contributed by atoms with van der Waals surface area (Å²) in [6.07, 6.45) is 1.05. The van der Waals surface area contributed by atoms with Gasteiger partial charge in [-0.05, 0) is 29.7 Å². The van der Waals surface area contributed by atoms with Crippen molar-refractivity contribution in [3.63, 3.8) is 0 Å². The molecule has 0 saturated heterocycles. The molecule has 3 aromatic carbocycles. The molecular weight excluding hydrogens is 318 g/mol. The quantitative estimate of drug-likeness (QED) is 0.523. The van der Waals surface area contributed by atoms with Gasteiger partial charge in [0.2, 0.25) is 0 Å². The third-order valence-corrected chi connectivity index (χ3v) is 5.05. The zero-order valence-electron chi connectivity index (χ0n) is 14.5. The van der Waals surface area contributed by atoms with Crippen molar-refractivity contribution in [2.45, 2.75) is 13.0 Å². The highest BCUT2D eigenvalue weighted by Crippen LogP contribution is 2.30. The van der Waals surface area contributed by atoms with Crippen LogP contribution in [-0.2, 0) is 13.0 Å². The van der Waals surface area contributed by atoms with Gasteiger partial charge in [0.25, 0.3) is 0 Å². The first-order chi connectivity index (χ1) is 12.9. The van der Waals surface area contributed by atoms with Crippen LogP contribution in [0.5, 0.6) is 0 Å². The summed E-state index contributed by atoms with van der Waals surface area (Å²) in [5.41, 5.74) is 4.89. The van der Waals surface area contributed by atoms with Crippen LogP contribution in [0.15, 0.2) is 78.9 Å². The largest absolute Gasteiger partial charge is 0.351 e. The van der Waals surface area contributed by atoms with E-state index in [1.165, 1.54) is 11.1 Å². The van der Waals surface area contributed by atoms with E-state index < -0.39 is 0 Å². The minimum absolute atomic E-state index is 0.790. The van der Waals surface area contributed by atoms with Crippen molar-refractivity contribution >= 4 is 16.7 Å². The molecule has 126 valence electrons. The summed E-state index contributed by atoms with van der Waals surface area (Å²) in [6.45, 7) is 1.87. The minimum Gasteiger partial charge on any atom is -0.351 e. The van der Waals surface area contributed by atoms with Crippen molar-refractivity contribution in [2.24, 2.45) is 0 Å². The monoisotopic (exact) mass is 337 g/mol. The number of aromatic nitrogens is 2. The van der Waals surface area contributed by atoms with Gasteiger partial charge in [-0.2, -0.15) is 0 Å². The van der Waals surface area contributed by atoms with Gasteiger partial charge >= 0.3 is 0 Å². The first-order valence-electron chi connectivity index (χ1n) is 9.02. The number of nitrogens with zero attached hydrogens (tertiary/aromatic N) is 3. The van der Waals surface area contributed by atoms with Crippen LogP contribution < -0.4 is 4.90 Å². The zero-order chi connectivity index (χ0) is 17.3. The Balaban J connectivity index is 1.65. The lowest BCUT2D eigenvalue weighted by Gasteiger charge is -2.30. The fraction of sp³-hybridized carbons (Fsp3) is 0.130. The summed E-state index contributed by atoms with van der Waals surface area (Å²) in [5.74, 6) is 1.82. The Hall–Kier alpha value is -3.20. The van der Waals surface area contributed by atoms with Gasteiger partial charge in [-0.15, -0.1) is 0 Å². The molecule has 2 heterocycles. The number of hydrogen-bond donors (Lipinski definition) is 0. The average Bonchev–Trinajstić information content (AvgIpc) is 2.73. The summed E-state index contributed by atoms with van der Waals surface area (Å²) < 4.78 is 0. The molecule has 0 radical (unpaired) electrons. The maximum atomic E-state index is 4.98. The number of hydrogen-bond acceptors (Lipinski definition) is 3. The Morgan fingerprint density at radius 2 is 1.42 bits per heavy atom. The molecule has 1 aliphatic rings. The fourth-order valence-corrected chi connectivity index (χ4v) is 3.69. The van der Waals surface area contributed by atoms with Gasteiger partial charge in [0.1, 0.15) is 5.82 Å². The van der Waals surface area contributed by atoms with Crippen molar-refractivity contribution in [3.05, 3.63) is 90.0 Å². The number of benzene rings is 3. The van der Waals surface area contributed by atoms with Crippen LogP contribution in [0.4, 0.5) is 5.82 Å². The summed E-state index contributed by atoms with van der Waals surface area (Å²) in [4.78, 5) is 12.2. The molecular formula is C23H19N3. The molecule has 3 nitrogen and oxygen atoms in total. The second kappa shape index (κ2) is 6.26. The smallest absolute Gasteiger partial charge is 0.162 e. The van der Waals surface area contributed by atoms with Crippen LogP contribution >= 0.6 is 0 Å². The van der Waals surface area contributed by atoms with Gasteiger partial charge in [-0.1, -0.05) is 66.7 Å². The number of rotatable bonds is 2. The molecule has 4 aromatic rings. The van der Waals surface area contributed by atoms with Crippen LogP contribution in [0.3, 0.4) is 0 Å². The van der Waals surface area contributed by atoms with Gasteiger partial charge in [-0.25, -0.2) is 9.97 Å². The van der Waals surface area contributed by atoms with Crippen LogP contribution in [0.1, 0.15) is 11.1 Å². The van der Waals surface area contributed by atoms with E-state index in [1.807, 2.05) is 24.3 Å². The van der Waals surface area contributed by atoms with Gasteiger partial charge in [0.15, 0.2) is 5.82 Å². The normalized spacial score (nSPS) is 13.6. The van der Waals surface area contributed by atoms with Crippen LogP contribution in [0, 0.1) is 0 Å². The lowest BCUT2D eigenvalue weighted by molar-refractivity contribution is 0.723. The van der Waals surface area contributed by atoms with E-state index in [2.05, 4.69) is 59.5 Å². The van der Waals surface area contributed by atoms with E-state index in [4.69, 9.17) is 9.97 Å². The van der Waals surface area contributed by atoms with Crippen LogP contribution in [0.25, 0.3) is 22.3 Å². The summed E-state index contributed by atoms with van der Waals surface area (Å²) in [6, 6.07) is 27.2. The fourth-order valence-electron chi connectivity index (χ4n) is 3.69. The van der Waals surface area contributed by atoms with E-state index in [0.717, 1.165) is 47.6 Å². The Morgan fingerprint density at radius 1 is 0.692 bits per heavy atom. The highest BCUT2D eigenvalue weighted by molar-refractivity contribution is 5.91. The predicted molar refractivity (Wildman–Crippen MR) is 106 cm³/mol. The molecule has 0 aliphatic carbocycles. The first kappa shape index (κ1) is 15.1. The lowest BCUT2D eigenvalue weighted by Crippen LogP contribution is -2.31. The highest BCUT2D eigenvalue weighted by Gasteiger charge is 2.20. The second-order valence-corrected chi connectivity index (χ2v) is 6.69. The lowest BCUT2D eigenvalue weighted by atomic mass is 9.99. The molecule has 0 amide bonds. The van der Waals surface area contributed by atoms with E-state index in [9.17, 15) is 0 Å². The molecule has 26 heavy (non-hydrogen) atoms. The molecule has 0 spiro atoms. The molecule has 0 atom stereocenters. The van der Waals surface area contributed by atoms with Crippen molar-refractivity contribution in [2.75, 3.05) is 11.4 Å². The minimum atomic E-state index is 0.790. The first-order valence-corrected chi connectivity index (χ1v) is 9.02. The molecule has 0 saturated carbocycles. The SMILES string of the molecule is c1ccc(-c2nc(N3CCc4ccccc4C3)c3ccccc3n2)cc1. The van der Waals surface area contributed by atoms with E-state index >= 15 is 0 Å². The Bertz CT molecular complexity index is 1070. The Kier molecular flexibility index (Phi) is 3.64. The molecule has 0 fully saturated rings. The van der Waals surface area contributed by atoms with Gasteiger partial charge in [-0.3, -0.25) is 0 Å². The molecule has 3 heteroatoms. The number of fused-ring (bicyclic) bond motifs is 2. The maximum absolute atomic E-state index is 4.98. The van der Waals surface area contributed by atoms with E-state index in [1.54, 1.807) is 0 Å². The highest BCUT2D eigenvalue weighted by atomic mass is 15.2. The van der Waals surface area contributed by atoms with Crippen molar-refractivity contribution in [3.8, 4) is 11.4 Å². The molecule has 0 N–H and O–H groups in total. The Labute approximate surface area is 153 Å². The molecule has 1 aromatic heterocycles. The summed E-state index contributed by atoms with van der Waals surface area (Å²) in [5, 5.41) is 1.12. The molecule has 0 bridgehead atoms. The topological polar surface area (TPSA) is 29.0 Å². The number of anilines is 1. The molecule has 1 aliphatic heterocycles. The van der Waals surface area contributed by atoms with Gasteiger partial charge in [0, 0.05) is 24.0 Å². The average molecular weight is 337 g/mol. The summed E-state index contributed by atoms with van der Waals surface area (Å²) >= 11 is 0. The van der Waals surface area contributed by atoms with Crippen LogP contribution in [-0.4, -0.2) is 16.5 Å². The van der Waals surface area contributed by atoms with E-state index in [0.29, 0.717) is 0 Å². The third kappa shape index (κ3) is 2.62. The van der Waals surface area contributed by atoms with Crippen LogP contribution in [0.2, 0.25) is 0 Å². The van der Waals surface area contributed by atoms with Gasteiger partial charge in [0.05, 0.1) is 5.52 Å².